The summed E-state index contributed by atoms with van der Waals surface area (Å²) in [6, 6.07) is 8.70. The third kappa shape index (κ3) is 1.61. The summed E-state index contributed by atoms with van der Waals surface area (Å²) in [6.45, 7) is 4.09. The number of hydrogen-bond donors (Lipinski definition) is 2. The summed E-state index contributed by atoms with van der Waals surface area (Å²) in [4.78, 5) is 2.56. The average molecular weight is 312 g/mol. The lowest BCUT2D eigenvalue weighted by Gasteiger charge is -2.57. The molecule has 1 saturated heterocycles. The van der Waals surface area contributed by atoms with Crippen molar-refractivity contribution in [2.75, 3.05) is 13.1 Å². The molecule has 3 aliphatic rings. The first-order chi connectivity index (χ1) is 11.1. The van der Waals surface area contributed by atoms with Gasteiger partial charge >= 0.3 is 0 Å². The van der Waals surface area contributed by atoms with Gasteiger partial charge in [0.1, 0.15) is 6.23 Å². The van der Waals surface area contributed by atoms with Crippen LogP contribution in [0.3, 0.4) is 0 Å². The van der Waals surface area contributed by atoms with Gasteiger partial charge in [-0.05, 0) is 44.4 Å². The van der Waals surface area contributed by atoms with Crippen LogP contribution in [0.1, 0.15) is 49.7 Å². The number of hydrogen-bond acceptors (Lipinski definition) is 3. The fourth-order valence-corrected chi connectivity index (χ4v) is 5.67. The number of nitrogens with zero attached hydrogens (tertiary/aromatic N) is 2. The fourth-order valence-electron chi connectivity index (χ4n) is 5.67. The van der Waals surface area contributed by atoms with Crippen molar-refractivity contribution in [3.8, 4) is 0 Å². The monoisotopic (exact) mass is 312 g/mol. The maximum Gasteiger partial charge on any atom is 0.131 e. The van der Waals surface area contributed by atoms with E-state index in [4.69, 9.17) is 0 Å². The van der Waals surface area contributed by atoms with E-state index >= 15 is 0 Å². The van der Waals surface area contributed by atoms with Gasteiger partial charge in [-0.15, -0.1) is 0 Å². The molecule has 1 aromatic heterocycles. The number of aliphatic hydroxyl groups is 2. The molecule has 0 radical (unpaired) electrons. The minimum atomic E-state index is -0.535. The second-order valence-corrected chi connectivity index (χ2v) is 7.64. The highest BCUT2D eigenvalue weighted by Crippen LogP contribution is 2.59. The quantitative estimate of drug-likeness (QED) is 0.851. The summed E-state index contributed by atoms with van der Waals surface area (Å²) in [7, 11) is 0. The van der Waals surface area contributed by atoms with E-state index in [1.54, 1.807) is 0 Å². The molecule has 122 valence electrons. The maximum absolute atomic E-state index is 11.0. The van der Waals surface area contributed by atoms with Crippen molar-refractivity contribution in [2.24, 2.45) is 5.41 Å². The van der Waals surface area contributed by atoms with Crippen molar-refractivity contribution in [1.29, 1.82) is 0 Å². The predicted octanol–water partition coefficient (Wildman–Crippen LogP) is 2.60. The summed E-state index contributed by atoms with van der Waals surface area (Å²) in [6.07, 6.45) is 2.88. The van der Waals surface area contributed by atoms with E-state index in [1.165, 1.54) is 16.6 Å². The minimum absolute atomic E-state index is 0.211. The summed E-state index contributed by atoms with van der Waals surface area (Å²) in [5.41, 5.74) is 3.61. The van der Waals surface area contributed by atoms with Crippen LogP contribution in [0.5, 0.6) is 0 Å². The van der Waals surface area contributed by atoms with E-state index in [2.05, 4.69) is 33.7 Å². The Hall–Kier alpha value is -1.36. The summed E-state index contributed by atoms with van der Waals surface area (Å²) < 4.78 is 2.16. The normalized spacial score (nSPS) is 34.4. The van der Waals surface area contributed by atoms with E-state index in [0.717, 1.165) is 37.9 Å². The molecule has 2 aromatic rings. The molecule has 2 N–H and O–H groups in total. The Balaban J connectivity index is 1.85. The van der Waals surface area contributed by atoms with Gasteiger partial charge in [-0.1, -0.05) is 18.2 Å². The third-order valence-corrected chi connectivity index (χ3v) is 6.66. The smallest absolute Gasteiger partial charge is 0.131 e. The van der Waals surface area contributed by atoms with Crippen LogP contribution in [-0.4, -0.2) is 38.9 Å². The third-order valence-electron chi connectivity index (χ3n) is 6.66. The summed E-state index contributed by atoms with van der Waals surface area (Å²) in [5, 5.41) is 22.9. The standard InChI is InChI=1S/C19H24N2O2/c1-12(22)19-8-4-9-20-10-7-14-13-5-2-3-6-15(13)21(16(23)11-19)17(14)18(19)20/h2-3,5-6,12,16,18,22-23H,4,7-11H2,1H3. The van der Waals surface area contributed by atoms with Gasteiger partial charge in [-0.2, -0.15) is 0 Å². The Morgan fingerprint density at radius 1 is 1.26 bits per heavy atom. The summed E-state index contributed by atoms with van der Waals surface area (Å²) in [5.74, 6) is 0. The average Bonchev–Trinajstić information content (AvgIpc) is 2.89. The van der Waals surface area contributed by atoms with Crippen molar-refractivity contribution in [3.63, 3.8) is 0 Å². The Kier molecular flexibility index (Phi) is 2.80. The minimum Gasteiger partial charge on any atom is -0.393 e. The molecule has 0 amide bonds. The SMILES string of the molecule is CC(O)C12CCCN3CCc4c(n(c5ccccc45)C(O)C1)C32. The molecule has 5 rings (SSSR count). The highest BCUT2D eigenvalue weighted by atomic mass is 16.3. The molecule has 4 unspecified atom stereocenters. The molecule has 4 heteroatoms. The van der Waals surface area contributed by atoms with Gasteiger partial charge in [0, 0.05) is 29.5 Å². The van der Waals surface area contributed by atoms with Crippen LogP contribution >= 0.6 is 0 Å². The number of fused-ring (bicyclic) bond motifs is 3. The Morgan fingerprint density at radius 2 is 2.09 bits per heavy atom. The van der Waals surface area contributed by atoms with Crippen LogP contribution < -0.4 is 0 Å². The van der Waals surface area contributed by atoms with Crippen LogP contribution in [0.4, 0.5) is 0 Å². The van der Waals surface area contributed by atoms with Crippen molar-refractivity contribution >= 4 is 10.9 Å². The molecule has 1 fully saturated rings. The van der Waals surface area contributed by atoms with Crippen LogP contribution in [0.2, 0.25) is 0 Å². The number of benzene rings is 1. The maximum atomic E-state index is 11.0. The van der Waals surface area contributed by atoms with Gasteiger partial charge in [0.05, 0.1) is 17.7 Å². The van der Waals surface area contributed by atoms with Gasteiger partial charge in [-0.3, -0.25) is 4.90 Å². The first-order valence-corrected chi connectivity index (χ1v) is 8.85. The number of piperidine rings is 1. The number of aromatic nitrogens is 1. The molecule has 4 heterocycles. The van der Waals surface area contributed by atoms with Gasteiger partial charge in [0.25, 0.3) is 0 Å². The van der Waals surface area contributed by atoms with Crippen molar-refractivity contribution < 1.29 is 10.2 Å². The van der Waals surface area contributed by atoms with Crippen LogP contribution in [0, 0.1) is 5.41 Å². The lowest BCUT2D eigenvalue weighted by atomic mass is 9.63. The first-order valence-electron chi connectivity index (χ1n) is 8.85. The van der Waals surface area contributed by atoms with Crippen molar-refractivity contribution in [1.82, 2.24) is 9.47 Å². The zero-order valence-electron chi connectivity index (χ0n) is 13.6. The molecule has 4 atom stereocenters. The zero-order valence-corrected chi connectivity index (χ0v) is 13.6. The van der Waals surface area contributed by atoms with E-state index in [0.29, 0.717) is 6.42 Å². The van der Waals surface area contributed by atoms with Gasteiger partial charge in [0.2, 0.25) is 0 Å². The number of aliphatic hydroxyl groups excluding tert-OH is 2. The molecule has 4 nitrogen and oxygen atoms in total. The predicted molar refractivity (Wildman–Crippen MR) is 89.2 cm³/mol. The second-order valence-electron chi connectivity index (χ2n) is 7.64. The molecule has 0 bridgehead atoms. The molecule has 0 spiro atoms. The highest BCUT2D eigenvalue weighted by molar-refractivity contribution is 5.86. The fraction of sp³-hybridized carbons (Fsp3) is 0.579. The van der Waals surface area contributed by atoms with Crippen molar-refractivity contribution in [3.05, 3.63) is 35.5 Å². The highest BCUT2D eigenvalue weighted by Gasteiger charge is 2.55. The zero-order chi connectivity index (χ0) is 15.8. The van der Waals surface area contributed by atoms with Gasteiger partial charge < -0.3 is 14.8 Å². The molecule has 3 aliphatic heterocycles. The van der Waals surface area contributed by atoms with Crippen molar-refractivity contribution in [2.45, 2.75) is 51.0 Å². The molecule has 0 aliphatic carbocycles. The lowest BCUT2D eigenvalue weighted by molar-refractivity contribution is -0.130. The number of para-hydroxylation sites is 1. The Bertz CT molecular complexity index is 781. The topological polar surface area (TPSA) is 48.6 Å². The van der Waals surface area contributed by atoms with E-state index < -0.39 is 12.3 Å². The van der Waals surface area contributed by atoms with E-state index in [1.807, 2.05) is 6.92 Å². The Morgan fingerprint density at radius 3 is 2.91 bits per heavy atom. The summed E-state index contributed by atoms with van der Waals surface area (Å²) >= 11 is 0. The van der Waals surface area contributed by atoms with Gasteiger partial charge in [-0.25, -0.2) is 0 Å². The lowest BCUT2D eigenvalue weighted by Crippen LogP contribution is -2.57. The number of rotatable bonds is 1. The largest absolute Gasteiger partial charge is 0.393 e. The van der Waals surface area contributed by atoms with E-state index in [9.17, 15) is 10.2 Å². The molecule has 23 heavy (non-hydrogen) atoms. The molecule has 1 aromatic carbocycles. The van der Waals surface area contributed by atoms with E-state index in [-0.39, 0.29) is 11.5 Å². The molecular formula is C19H24N2O2. The molecule has 0 saturated carbocycles. The van der Waals surface area contributed by atoms with Gasteiger partial charge in [0.15, 0.2) is 0 Å². The molecular weight excluding hydrogens is 288 g/mol. The Labute approximate surface area is 136 Å². The van der Waals surface area contributed by atoms with Crippen LogP contribution in [0.15, 0.2) is 24.3 Å². The second kappa shape index (κ2) is 4.59. The van der Waals surface area contributed by atoms with Crippen LogP contribution in [0.25, 0.3) is 10.9 Å². The first kappa shape index (κ1) is 14.0. The van der Waals surface area contributed by atoms with Crippen LogP contribution in [-0.2, 0) is 6.42 Å².